The van der Waals surface area contributed by atoms with Gasteiger partial charge in [0.25, 0.3) is 11.8 Å². The molecule has 0 bridgehead atoms. The van der Waals surface area contributed by atoms with Crippen LogP contribution in [-0.4, -0.2) is 49.0 Å². The zero-order chi connectivity index (χ0) is 25.7. The summed E-state index contributed by atoms with van der Waals surface area (Å²) in [7, 11) is 0. The summed E-state index contributed by atoms with van der Waals surface area (Å²) in [5, 5.41) is 3.47. The highest BCUT2D eigenvalue weighted by Crippen LogP contribution is 2.30. The molecule has 188 valence electrons. The molecule has 0 saturated carbocycles. The Morgan fingerprint density at radius 1 is 1.00 bits per heavy atom. The monoisotopic (exact) mass is 505 g/mol. The van der Waals surface area contributed by atoms with Crippen LogP contribution in [0.3, 0.4) is 0 Å². The highest BCUT2D eigenvalue weighted by molar-refractivity contribution is 6.33. The molecule has 1 fully saturated rings. The first-order valence-electron chi connectivity index (χ1n) is 12.3. The molecule has 1 N–H and O–H groups in total. The van der Waals surface area contributed by atoms with Crippen LogP contribution in [0.25, 0.3) is 0 Å². The molecule has 1 aliphatic heterocycles. The quantitative estimate of drug-likeness (QED) is 0.425. The van der Waals surface area contributed by atoms with Gasteiger partial charge in [-0.1, -0.05) is 36.7 Å². The topological polar surface area (TPSA) is 61.9 Å². The molecule has 3 aromatic rings. The number of rotatable bonds is 7. The number of benzene rings is 3. The van der Waals surface area contributed by atoms with Crippen LogP contribution < -0.4 is 15.0 Å². The van der Waals surface area contributed by atoms with Crippen LogP contribution in [0.5, 0.6) is 5.75 Å². The molecule has 1 atom stereocenters. The van der Waals surface area contributed by atoms with Crippen molar-refractivity contribution in [3.05, 3.63) is 88.4 Å². The Balaban J connectivity index is 1.35. The van der Waals surface area contributed by atoms with Gasteiger partial charge in [0.05, 0.1) is 16.8 Å². The zero-order valence-corrected chi connectivity index (χ0v) is 21.7. The number of hydrogen-bond donors (Lipinski definition) is 1. The van der Waals surface area contributed by atoms with Gasteiger partial charge in [-0.3, -0.25) is 9.59 Å². The molecule has 2 amide bonds. The van der Waals surface area contributed by atoms with Crippen LogP contribution in [0, 0.1) is 6.92 Å². The van der Waals surface area contributed by atoms with Crippen LogP contribution in [0.1, 0.15) is 46.5 Å². The molecule has 0 aliphatic carbocycles. The van der Waals surface area contributed by atoms with Crippen LogP contribution >= 0.6 is 11.6 Å². The van der Waals surface area contributed by atoms with Crippen molar-refractivity contribution in [3.63, 3.8) is 0 Å². The van der Waals surface area contributed by atoms with Gasteiger partial charge in [-0.2, -0.15) is 0 Å². The van der Waals surface area contributed by atoms with E-state index in [1.807, 2.05) is 55.1 Å². The Bertz CT molecular complexity index is 1220. The van der Waals surface area contributed by atoms with Crippen LogP contribution in [0.2, 0.25) is 5.02 Å². The van der Waals surface area contributed by atoms with E-state index in [4.69, 9.17) is 16.3 Å². The summed E-state index contributed by atoms with van der Waals surface area (Å²) in [6.45, 7) is 8.66. The van der Waals surface area contributed by atoms with Crippen LogP contribution in [0.15, 0.2) is 66.7 Å². The van der Waals surface area contributed by atoms with Gasteiger partial charge >= 0.3 is 0 Å². The summed E-state index contributed by atoms with van der Waals surface area (Å²) in [4.78, 5) is 29.7. The summed E-state index contributed by atoms with van der Waals surface area (Å²) in [5.41, 5.74) is 3.80. The zero-order valence-electron chi connectivity index (χ0n) is 21.0. The predicted molar refractivity (Wildman–Crippen MR) is 146 cm³/mol. The van der Waals surface area contributed by atoms with Gasteiger partial charge < -0.3 is 19.9 Å². The van der Waals surface area contributed by atoms with Crippen molar-refractivity contribution in [2.45, 2.75) is 33.3 Å². The third-order valence-corrected chi connectivity index (χ3v) is 6.82. The molecule has 1 saturated heterocycles. The lowest BCUT2D eigenvalue weighted by atomic mass is 10.1. The molecule has 36 heavy (non-hydrogen) atoms. The van der Waals surface area contributed by atoms with Crippen molar-refractivity contribution in [2.24, 2.45) is 0 Å². The number of carbonyl (C=O) groups is 2. The average Bonchev–Trinajstić information content (AvgIpc) is 2.89. The summed E-state index contributed by atoms with van der Waals surface area (Å²) in [6, 6.07) is 20.3. The molecule has 0 radical (unpaired) electrons. The maximum Gasteiger partial charge on any atom is 0.255 e. The van der Waals surface area contributed by atoms with Gasteiger partial charge in [0.15, 0.2) is 0 Å². The van der Waals surface area contributed by atoms with Crippen molar-refractivity contribution >= 4 is 34.8 Å². The number of anilines is 2. The molecule has 3 aromatic carbocycles. The van der Waals surface area contributed by atoms with E-state index in [1.165, 1.54) is 0 Å². The molecule has 4 rings (SSSR count). The number of halogens is 1. The highest BCUT2D eigenvalue weighted by Gasteiger charge is 2.24. The van der Waals surface area contributed by atoms with Gasteiger partial charge in [-0.05, 0) is 74.4 Å². The van der Waals surface area contributed by atoms with Gasteiger partial charge in [-0.25, -0.2) is 0 Å². The molecular formula is C29H32ClN3O3. The van der Waals surface area contributed by atoms with Crippen LogP contribution in [-0.2, 0) is 0 Å². The first-order chi connectivity index (χ1) is 17.4. The average molecular weight is 506 g/mol. The normalized spacial score (nSPS) is 14.3. The molecule has 1 aliphatic rings. The first-order valence-corrected chi connectivity index (χ1v) is 12.7. The van der Waals surface area contributed by atoms with E-state index in [0.717, 1.165) is 29.0 Å². The van der Waals surface area contributed by atoms with E-state index >= 15 is 0 Å². The molecule has 7 heteroatoms. The van der Waals surface area contributed by atoms with E-state index < -0.39 is 0 Å². The van der Waals surface area contributed by atoms with Crippen molar-refractivity contribution in [1.29, 1.82) is 0 Å². The number of nitrogens with zero attached hydrogens (tertiary/aromatic N) is 2. The first kappa shape index (κ1) is 25.6. The smallest absolute Gasteiger partial charge is 0.255 e. The van der Waals surface area contributed by atoms with Gasteiger partial charge in [0.1, 0.15) is 5.75 Å². The second-order valence-electron chi connectivity index (χ2n) is 9.08. The Labute approximate surface area is 217 Å². The number of aryl methyl sites for hydroxylation is 1. The number of amides is 2. The van der Waals surface area contributed by atoms with Crippen molar-refractivity contribution < 1.29 is 14.3 Å². The van der Waals surface area contributed by atoms with Crippen molar-refractivity contribution in [2.75, 3.05) is 36.4 Å². The maximum atomic E-state index is 12.9. The number of hydrogen-bond acceptors (Lipinski definition) is 4. The summed E-state index contributed by atoms with van der Waals surface area (Å²) in [6.07, 6.45) is 1.04. The Kier molecular flexibility index (Phi) is 8.16. The lowest BCUT2D eigenvalue weighted by molar-refractivity contribution is 0.0746. The van der Waals surface area contributed by atoms with Crippen LogP contribution in [0.4, 0.5) is 11.4 Å². The lowest BCUT2D eigenvalue weighted by Gasteiger charge is -2.36. The van der Waals surface area contributed by atoms with E-state index in [-0.39, 0.29) is 17.9 Å². The number of ether oxygens (including phenoxy) is 1. The van der Waals surface area contributed by atoms with Gasteiger partial charge in [0, 0.05) is 43.0 Å². The molecule has 6 nitrogen and oxygen atoms in total. The second-order valence-corrected chi connectivity index (χ2v) is 9.48. The SMILES string of the molecule is CCC(C)Oc1ccc(C(=O)Nc2ccc(N3CCN(C(=O)c4ccccc4C)CC3)c(Cl)c2)cc1. The second kappa shape index (κ2) is 11.5. The number of piperazine rings is 1. The van der Waals surface area contributed by atoms with Gasteiger partial charge in [-0.15, -0.1) is 0 Å². The fourth-order valence-electron chi connectivity index (χ4n) is 4.18. The minimum absolute atomic E-state index is 0.0661. The number of nitrogens with one attached hydrogen (secondary N) is 1. The van der Waals surface area contributed by atoms with E-state index in [9.17, 15) is 9.59 Å². The molecule has 0 aromatic heterocycles. The van der Waals surface area contributed by atoms with Crippen molar-refractivity contribution in [1.82, 2.24) is 4.90 Å². The fourth-order valence-corrected chi connectivity index (χ4v) is 4.48. The Morgan fingerprint density at radius 2 is 1.69 bits per heavy atom. The lowest BCUT2D eigenvalue weighted by Crippen LogP contribution is -2.49. The van der Waals surface area contributed by atoms with E-state index in [0.29, 0.717) is 42.5 Å². The third-order valence-electron chi connectivity index (χ3n) is 6.52. The minimum Gasteiger partial charge on any atom is -0.491 e. The Hall–Kier alpha value is -3.51. The van der Waals surface area contributed by atoms with Crippen molar-refractivity contribution in [3.8, 4) is 5.75 Å². The molecule has 0 spiro atoms. The highest BCUT2D eigenvalue weighted by atomic mass is 35.5. The van der Waals surface area contributed by atoms with E-state index in [1.54, 1.807) is 30.3 Å². The molecule has 1 heterocycles. The predicted octanol–water partition coefficient (Wildman–Crippen LogP) is 6.04. The summed E-state index contributed by atoms with van der Waals surface area (Å²) < 4.78 is 5.77. The summed E-state index contributed by atoms with van der Waals surface area (Å²) >= 11 is 6.60. The standard InChI is InChI=1S/C29H32ClN3O3/c1-4-21(3)36-24-12-9-22(10-13-24)28(34)31-23-11-14-27(26(30)19-23)32-15-17-33(18-16-32)29(35)25-8-6-5-7-20(25)2/h5-14,19,21H,4,15-18H2,1-3H3,(H,31,34). The Morgan fingerprint density at radius 3 is 2.33 bits per heavy atom. The van der Waals surface area contributed by atoms with Gasteiger partial charge in [0.2, 0.25) is 0 Å². The third kappa shape index (κ3) is 6.00. The minimum atomic E-state index is -0.211. The number of carbonyl (C=O) groups excluding carboxylic acids is 2. The summed E-state index contributed by atoms with van der Waals surface area (Å²) in [5.74, 6) is 0.600. The molecule has 1 unspecified atom stereocenters. The fraction of sp³-hybridized carbons (Fsp3) is 0.310. The molecular weight excluding hydrogens is 474 g/mol. The maximum absolute atomic E-state index is 12.9. The largest absolute Gasteiger partial charge is 0.491 e. The van der Waals surface area contributed by atoms with E-state index in [2.05, 4.69) is 17.1 Å².